The van der Waals surface area contributed by atoms with E-state index in [4.69, 9.17) is 26.8 Å². The van der Waals surface area contributed by atoms with E-state index in [1.54, 1.807) is 23.1 Å². The normalized spacial score (nSPS) is 16.0. The molecule has 0 unspecified atom stereocenters. The monoisotopic (exact) mass is 383 g/mol. The minimum Gasteiger partial charge on any atom is -0.482 e. The molecule has 1 heterocycles. The van der Waals surface area contributed by atoms with E-state index in [-0.39, 0.29) is 18.4 Å². The molecule has 1 aliphatic rings. The Bertz CT molecular complexity index is 643. The highest BCUT2D eigenvalue weighted by Crippen LogP contribution is 2.29. The highest BCUT2D eigenvalue weighted by Gasteiger charge is 2.35. The highest BCUT2D eigenvalue weighted by atomic mass is 35.5. The Kier molecular flexibility index (Phi) is 7.25. The summed E-state index contributed by atoms with van der Waals surface area (Å²) in [4.78, 5) is 26.1. The number of halogens is 1. The number of amides is 2. The summed E-state index contributed by atoms with van der Waals surface area (Å²) in [5.74, 6) is 0.0222. The number of rotatable bonds is 7. The van der Waals surface area contributed by atoms with Crippen LogP contribution < -0.4 is 15.8 Å². The molecule has 3 N–H and O–H groups in total. The third-order valence-corrected chi connectivity index (χ3v) is 4.79. The molecule has 1 aromatic carbocycles. The number of nitrogens with two attached hydrogens (primary N) is 1. The highest BCUT2D eigenvalue weighted by molar-refractivity contribution is 6.32. The van der Waals surface area contributed by atoms with Crippen LogP contribution in [-0.4, -0.2) is 55.2 Å². The molecule has 0 aromatic heterocycles. The summed E-state index contributed by atoms with van der Waals surface area (Å²) >= 11 is 6.21. The molecule has 1 fully saturated rings. The number of ether oxygens (including phenoxy) is 2. The maximum Gasteiger partial charge on any atom is 0.260 e. The molecule has 1 aromatic rings. The van der Waals surface area contributed by atoms with Crippen molar-refractivity contribution in [3.05, 3.63) is 23.2 Å². The number of nitrogens with zero attached hydrogens (tertiary/aromatic N) is 1. The molecule has 2 rings (SSSR count). The molecule has 0 spiro atoms. The van der Waals surface area contributed by atoms with Crippen molar-refractivity contribution in [1.82, 2.24) is 4.90 Å². The number of likely N-dealkylation sites (N-methyl/N-ethyl adjacent to an activating group) is 1. The van der Waals surface area contributed by atoms with Crippen molar-refractivity contribution in [2.75, 3.05) is 38.2 Å². The molecule has 2 amide bonds. The quantitative estimate of drug-likeness (QED) is 0.751. The van der Waals surface area contributed by atoms with E-state index in [0.717, 1.165) is 0 Å². The second kappa shape index (κ2) is 9.21. The van der Waals surface area contributed by atoms with E-state index in [2.05, 4.69) is 5.32 Å². The van der Waals surface area contributed by atoms with Gasteiger partial charge in [0.15, 0.2) is 6.61 Å². The lowest BCUT2D eigenvalue weighted by atomic mass is 9.90. The Balaban J connectivity index is 1.96. The summed E-state index contributed by atoms with van der Waals surface area (Å²) in [5.41, 5.74) is 5.75. The number of carbonyl (C=O) groups excluding carboxylic acids is 2. The standard InChI is InChI=1S/C18H26ClN3O4/c1-3-22(4-2)16(23)12-26-15-6-5-13(11-14(15)19)21-17(24)18(20)7-9-25-10-8-18/h5-6,11H,3-4,7-10,12,20H2,1-2H3,(H,21,24). The summed E-state index contributed by atoms with van der Waals surface area (Å²) in [6.07, 6.45) is 0.947. The predicted molar refractivity (Wildman–Crippen MR) is 100 cm³/mol. The van der Waals surface area contributed by atoms with Crippen LogP contribution in [0.2, 0.25) is 5.02 Å². The SMILES string of the molecule is CCN(CC)C(=O)COc1ccc(NC(=O)C2(N)CCOCC2)cc1Cl. The van der Waals surface area contributed by atoms with Gasteiger partial charge in [-0.15, -0.1) is 0 Å². The number of nitrogens with one attached hydrogen (secondary N) is 1. The molecular formula is C18H26ClN3O4. The summed E-state index contributed by atoms with van der Waals surface area (Å²) in [7, 11) is 0. The molecule has 0 bridgehead atoms. The summed E-state index contributed by atoms with van der Waals surface area (Å²) < 4.78 is 10.8. The van der Waals surface area contributed by atoms with E-state index < -0.39 is 5.54 Å². The van der Waals surface area contributed by atoms with E-state index in [9.17, 15) is 9.59 Å². The minimum atomic E-state index is -0.934. The van der Waals surface area contributed by atoms with Crippen LogP contribution in [0, 0.1) is 0 Å². The molecule has 1 aliphatic heterocycles. The Hall–Kier alpha value is -1.83. The van der Waals surface area contributed by atoms with Crippen LogP contribution in [0.3, 0.4) is 0 Å². The van der Waals surface area contributed by atoms with Gasteiger partial charge in [0, 0.05) is 32.0 Å². The van der Waals surface area contributed by atoms with Crippen molar-refractivity contribution in [1.29, 1.82) is 0 Å². The third-order valence-electron chi connectivity index (χ3n) is 4.49. The van der Waals surface area contributed by atoms with Crippen LogP contribution in [0.15, 0.2) is 18.2 Å². The van der Waals surface area contributed by atoms with Crippen LogP contribution in [-0.2, 0) is 14.3 Å². The van der Waals surface area contributed by atoms with Crippen LogP contribution in [0.5, 0.6) is 5.75 Å². The van der Waals surface area contributed by atoms with E-state index in [0.29, 0.717) is 55.6 Å². The van der Waals surface area contributed by atoms with Gasteiger partial charge in [-0.25, -0.2) is 0 Å². The Labute approximate surface area is 158 Å². The Morgan fingerprint density at radius 1 is 1.31 bits per heavy atom. The number of hydrogen-bond acceptors (Lipinski definition) is 5. The molecular weight excluding hydrogens is 358 g/mol. The van der Waals surface area contributed by atoms with Crippen molar-refractivity contribution in [2.24, 2.45) is 5.73 Å². The predicted octanol–water partition coefficient (Wildman–Crippen LogP) is 2.03. The van der Waals surface area contributed by atoms with Crippen LogP contribution in [0.4, 0.5) is 5.69 Å². The molecule has 0 saturated carbocycles. The molecule has 0 atom stereocenters. The zero-order valence-corrected chi connectivity index (χ0v) is 16.0. The van der Waals surface area contributed by atoms with Crippen molar-refractivity contribution >= 4 is 29.1 Å². The van der Waals surface area contributed by atoms with Crippen molar-refractivity contribution in [3.63, 3.8) is 0 Å². The maximum absolute atomic E-state index is 12.4. The van der Waals surface area contributed by atoms with Gasteiger partial charge in [-0.3, -0.25) is 9.59 Å². The second-order valence-electron chi connectivity index (χ2n) is 6.22. The van der Waals surface area contributed by atoms with E-state index >= 15 is 0 Å². The number of benzene rings is 1. The van der Waals surface area contributed by atoms with Gasteiger partial charge in [-0.1, -0.05) is 11.6 Å². The largest absolute Gasteiger partial charge is 0.482 e. The molecule has 144 valence electrons. The molecule has 0 radical (unpaired) electrons. The first-order valence-electron chi connectivity index (χ1n) is 8.78. The van der Waals surface area contributed by atoms with Crippen molar-refractivity contribution < 1.29 is 19.1 Å². The minimum absolute atomic E-state index is 0.0843. The average Bonchev–Trinajstić information content (AvgIpc) is 2.62. The molecule has 8 heteroatoms. The number of hydrogen-bond donors (Lipinski definition) is 2. The van der Waals surface area contributed by atoms with Gasteiger partial charge in [0.2, 0.25) is 5.91 Å². The molecule has 26 heavy (non-hydrogen) atoms. The summed E-state index contributed by atoms with van der Waals surface area (Å²) in [6.45, 7) is 5.94. The summed E-state index contributed by atoms with van der Waals surface area (Å²) in [5, 5.41) is 3.10. The van der Waals surface area contributed by atoms with Gasteiger partial charge in [0.05, 0.1) is 5.02 Å². The van der Waals surface area contributed by atoms with Gasteiger partial charge in [0.1, 0.15) is 11.3 Å². The topological polar surface area (TPSA) is 93.9 Å². The fourth-order valence-corrected chi connectivity index (χ4v) is 2.96. The molecule has 7 nitrogen and oxygen atoms in total. The van der Waals surface area contributed by atoms with E-state index in [1.807, 2.05) is 13.8 Å². The lowest BCUT2D eigenvalue weighted by molar-refractivity contribution is -0.133. The molecule has 1 saturated heterocycles. The lowest BCUT2D eigenvalue weighted by Gasteiger charge is -2.31. The van der Waals surface area contributed by atoms with Gasteiger partial charge in [0.25, 0.3) is 5.91 Å². The first-order valence-corrected chi connectivity index (χ1v) is 9.15. The average molecular weight is 384 g/mol. The Morgan fingerprint density at radius 2 is 1.96 bits per heavy atom. The van der Waals surface area contributed by atoms with Gasteiger partial charge < -0.3 is 25.4 Å². The smallest absolute Gasteiger partial charge is 0.260 e. The van der Waals surface area contributed by atoms with Gasteiger partial charge in [-0.2, -0.15) is 0 Å². The fourth-order valence-electron chi connectivity index (χ4n) is 2.72. The number of anilines is 1. The van der Waals surface area contributed by atoms with Crippen LogP contribution in [0.1, 0.15) is 26.7 Å². The van der Waals surface area contributed by atoms with Crippen LogP contribution >= 0.6 is 11.6 Å². The van der Waals surface area contributed by atoms with Crippen LogP contribution in [0.25, 0.3) is 0 Å². The zero-order chi connectivity index (χ0) is 19.2. The first kappa shape index (κ1) is 20.5. The zero-order valence-electron chi connectivity index (χ0n) is 15.2. The first-order chi connectivity index (χ1) is 12.4. The van der Waals surface area contributed by atoms with Crippen molar-refractivity contribution in [3.8, 4) is 5.75 Å². The fraction of sp³-hybridized carbons (Fsp3) is 0.556. The Morgan fingerprint density at radius 3 is 2.54 bits per heavy atom. The van der Waals surface area contributed by atoms with Gasteiger partial charge >= 0.3 is 0 Å². The second-order valence-corrected chi connectivity index (χ2v) is 6.63. The van der Waals surface area contributed by atoms with Crippen molar-refractivity contribution in [2.45, 2.75) is 32.2 Å². The maximum atomic E-state index is 12.4. The molecule has 0 aliphatic carbocycles. The third kappa shape index (κ3) is 5.09. The lowest BCUT2D eigenvalue weighted by Crippen LogP contribution is -2.54. The van der Waals surface area contributed by atoms with E-state index in [1.165, 1.54) is 0 Å². The summed E-state index contributed by atoms with van der Waals surface area (Å²) in [6, 6.07) is 4.88. The number of carbonyl (C=O) groups is 2. The van der Waals surface area contributed by atoms with Gasteiger partial charge in [-0.05, 0) is 44.9 Å².